The van der Waals surface area contributed by atoms with Gasteiger partial charge in [-0.25, -0.2) is 14.0 Å². The molecule has 0 aliphatic rings. The Hall–Kier alpha value is -2.90. The van der Waals surface area contributed by atoms with E-state index in [2.05, 4.69) is 10.6 Å². The largest absolute Gasteiger partial charge is 0.478 e. The van der Waals surface area contributed by atoms with E-state index >= 15 is 0 Å². The standard InChI is InChI=1S/C13H14FN3O4/c14-10-7-9(2-1-8(10)3-4-11(18)19)12(20)16-5-6-17-13(15)21/h1-4,7H,5-6H2,(H,16,20)(H,18,19)(H3,15,17,21)/b4-3+. The molecule has 0 fully saturated rings. The van der Waals surface area contributed by atoms with Crippen LogP contribution >= 0.6 is 0 Å². The summed E-state index contributed by atoms with van der Waals surface area (Å²) >= 11 is 0. The highest BCUT2D eigenvalue weighted by Crippen LogP contribution is 2.12. The third-order valence-corrected chi connectivity index (χ3v) is 2.38. The van der Waals surface area contributed by atoms with Gasteiger partial charge in [-0.3, -0.25) is 4.79 Å². The number of carbonyl (C=O) groups excluding carboxylic acids is 2. The second kappa shape index (κ2) is 7.63. The SMILES string of the molecule is NC(=O)NCCNC(=O)c1ccc(/C=C/C(=O)O)c(F)c1. The average Bonchev–Trinajstić information content (AvgIpc) is 2.41. The molecule has 0 spiro atoms. The molecule has 1 aromatic carbocycles. The Morgan fingerprint density at radius 3 is 2.48 bits per heavy atom. The number of hydrogen-bond acceptors (Lipinski definition) is 3. The van der Waals surface area contributed by atoms with Crippen LogP contribution in [0.3, 0.4) is 0 Å². The fraction of sp³-hybridized carbons (Fsp3) is 0.154. The van der Waals surface area contributed by atoms with Crippen LogP contribution in [-0.2, 0) is 4.79 Å². The average molecular weight is 295 g/mol. The number of carbonyl (C=O) groups is 3. The number of hydrogen-bond donors (Lipinski definition) is 4. The zero-order chi connectivity index (χ0) is 15.8. The molecule has 0 aliphatic carbocycles. The van der Waals surface area contributed by atoms with Crippen LogP contribution in [0.1, 0.15) is 15.9 Å². The summed E-state index contributed by atoms with van der Waals surface area (Å²) < 4.78 is 13.7. The van der Waals surface area contributed by atoms with Crippen molar-refractivity contribution < 1.29 is 23.9 Å². The first-order valence-corrected chi connectivity index (χ1v) is 5.92. The van der Waals surface area contributed by atoms with Crippen molar-refractivity contribution in [2.45, 2.75) is 0 Å². The van der Waals surface area contributed by atoms with Gasteiger partial charge in [0.25, 0.3) is 5.91 Å². The first-order valence-electron chi connectivity index (χ1n) is 5.92. The van der Waals surface area contributed by atoms with E-state index in [9.17, 15) is 18.8 Å². The van der Waals surface area contributed by atoms with Gasteiger partial charge in [0.1, 0.15) is 5.82 Å². The monoisotopic (exact) mass is 295 g/mol. The molecule has 0 radical (unpaired) electrons. The molecule has 8 heteroatoms. The van der Waals surface area contributed by atoms with E-state index in [1.54, 1.807) is 0 Å². The Labute approximate surface area is 119 Å². The molecule has 1 aromatic rings. The van der Waals surface area contributed by atoms with Gasteiger partial charge >= 0.3 is 12.0 Å². The molecule has 0 aromatic heterocycles. The minimum atomic E-state index is -1.20. The number of amides is 3. The van der Waals surface area contributed by atoms with E-state index < -0.39 is 23.7 Å². The minimum absolute atomic E-state index is 0.0596. The van der Waals surface area contributed by atoms with Crippen LogP contribution < -0.4 is 16.4 Å². The summed E-state index contributed by atoms with van der Waals surface area (Å²) in [5.41, 5.74) is 4.99. The molecule has 0 saturated carbocycles. The first-order chi connectivity index (χ1) is 9.90. The number of nitrogens with one attached hydrogen (secondary N) is 2. The lowest BCUT2D eigenvalue weighted by Gasteiger charge is -2.06. The Morgan fingerprint density at radius 2 is 1.90 bits per heavy atom. The predicted octanol–water partition coefficient (Wildman–Crippen LogP) is 0.322. The van der Waals surface area contributed by atoms with Crippen molar-refractivity contribution in [3.8, 4) is 0 Å². The Balaban J connectivity index is 2.63. The first kappa shape index (κ1) is 16.2. The van der Waals surface area contributed by atoms with Crippen LogP contribution in [-0.4, -0.2) is 36.1 Å². The van der Waals surface area contributed by atoms with Gasteiger partial charge in [-0.15, -0.1) is 0 Å². The highest BCUT2D eigenvalue weighted by molar-refractivity contribution is 5.94. The number of aliphatic carboxylic acids is 1. The smallest absolute Gasteiger partial charge is 0.328 e. The van der Waals surface area contributed by atoms with Crippen molar-refractivity contribution in [3.63, 3.8) is 0 Å². The molecule has 0 saturated heterocycles. The molecule has 7 nitrogen and oxygen atoms in total. The molecular formula is C13H14FN3O4. The number of halogens is 1. The second-order valence-corrected chi connectivity index (χ2v) is 3.95. The lowest BCUT2D eigenvalue weighted by molar-refractivity contribution is -0.131. The maximum absolute atomic E-state index is 13.7. The van der Waals surface area contributed by atoms with E-state index in [1.165, 1.54) is 12.1 Å². The minimum Gasteiger partial charge on any atom is -0.478 e. The number of urea groups is 1. The van der Waals surface area contributed by atoms with E-state index in [0.29, 0.717) is 0 Å². The summed E-state index contributed by atoms with van der Waals surface area (Å²) in [4.78, 5) is 32.4. The molecule has 112 valence electrons. The molecule has 0 atom stereocenters. The number of rotatable bonds is 6. The summed E-state index contributed by atoms with van der Waals surface area (Å²) in [5, 5.41) is 13.2. The third kappa shape index (κ3) is 5.72. The summed E-state index contributed by atoms with van der Waals surface area (Å²) in [6.07, 6.45) is 1.89. The van der Waals surface area contributed by atoms with Crippen LogP contribution in [0.25, 0.3) is 6.08 Å². The Morgan fingerprint density at radius 1 is 1.24 bits per heavy atom. The number of nitrogens with two attached hydrogens (primary N) is 1. The maximum atomic E-state index is 13.7. The van der Waals surface area contributed by atoms with Crippen LogP contribution in [0.15, 0.2) is 24.3 Å². The van der Waals surface area contributed by atoms with Crippen molar-refractivity contribution in [2.75, 3.05) is 13.1 Å². The number of carboxylic acids is 1. The zero-order valence-corrected chi connectivity index (χ0v) is 10.9. The van der Waals surface area contributed by atoms with E-state index in [4.69, 9.17) is 10.8 Å². The van der Waals surface area contributed by atoms with Crippen molar-refractivity contribution in [3.05, 3.63) is 41.2 Å². The van der Waals surface area contributed by atoms with Gasteiger partial charge in [-0.05, 0) is 18.2 Å². The van der Waals surface area contributed by atoms with Crippen LogP contribution in [0.4, 0.5) is 9.18 Å². The highest BCUT2D eigenvalue weighted by atomic mass is 19.1. The second-order valence-electron chi connectivity index (χ2n) is 3.95. The summed E-state index contributed by atoms with van der Waals surface area (Å²) in [6, 6.07) is 2.95. The molecule has 0 aliphatic heterocycles. The van der Waals surface area contributed by atoms with Crippen LogP contribution in [0.5, 0.6) is 0 Å². The zero-order valence-electron chi connectivity index (χ0n) is 10.9. The topological polar surface area (TPSA) is 122 Å². The fourth-order valence-electron chi connectivity index (χ4n) is 1.43. The van der Waals surface area contributed by atoms with Gasteiger partial charge in [-0.1, -0.05) is 6.07 Å². The van der Waals surface area contributed by atoms with Crippen molar-refractivity contribution in [1.29, 1.82) is 0 Å². The molecule has 0 bridgehead atoms. The van der Waals surface area contributed by atoms with E-state index in [-0.39, 0.29) is 24.2 Å². The lowest BCUT2D eigenvalue weighted by Crippen LogP contribution is -2.37. The molecular weight excluding hydrogens is 281 g/mol. The summed E-state index contributed by atoms with van der Waals surface area (Å²) in [6.45, 7) is 0.299. The predicted molar refractivity (Wildman–Crippen MR) is 73.0 cm³/mol. The van der Waals surface area contributed by atoms with E-state index in [1.807, 2.05) is 0 Å². The Kier molecular flexibility index (Phi) is 5.87. The van der Waals surface area contributed by atoms with E-state index in [0.717, 1.165) is 18.2 Å². The number of primary amides is 1. The van der Waals surface area contributed by atoms with Crippen molar-refractivity contribution in [1.82, 2.24) is 10.6 Å². The quantitative estimate of drug-likeness (QED) is 0.446. The third-order valence-electron chi connectivity index (χ3n) is 2.38. The molecule has 0 heterocycles. The Bertz CT molecular complexity index is 587. The number of benzene rings is 1. The maximum Gasteiger partial charge on any atom is 0.328 e. The molecule has 0 unspecified atom stereocenters. The van der Waals surface area contributed by atoms with Gasteiger partial charge in [0.2, 0.25) is 0 Å². The van der Waals surface area contributed by atoms with Gasteiger partial charge in [-0.2, -0.15) is 0 Å². The normalized spacial score (nSPS) is 10.3. The van der Waals surface area contributed by atoms with Crippen molar-refractivity contribution >= 4 is 24.0 Å². The molecule has 1 rings (SSSR count). The van der Waals surface area contributed by atoms with Crippen molar-refractivity contribution in [2.24, 2.45) is 5.73 Å². The lowest BCUT2D eigenvalue weighted by atomic mass is 10.1. The molecule has 21 heavy (non-hydrogen) atoms. The van der Waals surface area contributed by atoms with Gasteiger partial charge in [0.05, 0.1) is 0 Å². The van der Waals surface area contributed by atoms with Crippen LogP contribution in [0.2, 0.25) is 0 Å². The van der Waals surface area contributed by atoms with Crippen LogP contribution in [0, 0.1) is 5.82 Å². The fourth-order valence-corrected chi connectivity index (χ4v) is 1.43. The van der Waals surface area contributed by atoms with Gasteiger partial charge in [0.15, 0.2) is 0 Å². The molecule has 5 N–H and O–H groups in total. The van der Waals surface area contributed by atoms with Gasteiger partial charge < -0.3 is 21.5 Å². The van der Waals surface area contributed by atoms with Gasteiger partial charge in [0, 0.05) is 30.3 Å². The summed E-state index contributed by atoms with van der Waals surface area (Å²) in [7, 11) is 0. The highest BCUT2D eigenvalue weighted by Gasteiger charge is 2.08. The summed E-state index contributed by atoms with van der Waals surface area (Å²) in [5.74, 6) is -2.43. The molecule has 3 amide bonds. The number of carboxylic acid groups (broad SMARTS) is 1.